The number of carbonyl (C=O) groups is 1. The third kappa shape index (κ3) is 4.61. The molecule has 0 radical (unpaired) electrons. The predicted molar refractivity (Wildman–Crippen MR) is 105 cm³/mol. The van der Waals surface area contributed by atoms with Gasteiger partial charge in [-0.25, -0.2) is 9.07 Å². The number of rotatable bonds is 7. The van der Waals surface area contributed by atoms with Gasteiger partial charge in [-0.15, -0.1) is 0 Å². The Morgan fingerprint density at radius 2 is 1.85 bits per heavy atom. The maximum absolute atomic E-state index is 13.2. The van der Waals surface area contributed by atoms with E-state index >= 15 is 0 Å². The summed E-state index contributed by atoms with van der Waals surface area (Å²) >= 11 is 0. The predicted octanol–water partition coefficient (Wildman–Crippen LogP) is 4.32. The van der Waals surface area contributed by atoms with Crippen molar-refractivity contribution in [2.75, 3.05) is 0 Å². The number of halogens is 1. The molecule has 3 aromatic rings. The fourth-order valence-electron chi connectivity index (χ4n) is 3.11. The Morgan fingerprint density at radius 1 is 1.15 bits per heavy atom. The molecule has 1 aromatic heterocycles. The minimum atomic E-state index is -0.297. The van der Waals surface area contributed by atoms with Gasteiger partial charge < -0.3 is 5.32 Å². The second-order valence-electron chi connectivity index (χ2n) is 6.65. The van der Waals surface area contributed by atoms with Crippen molar-refractivity contribution in [3.8, 4) is 5.69 Å². The van der Waals surface area contributed by atoms with Crippen LogP contribution in [0.2, 0.25) is 0 Å². The Morgan fingerprint density at radius 3 is 2.52 bits per heavy atom. The summed E-state index contributed by atoms with van der Waals surface area (Å²) < 4.78 is 14.9. The molecular weight excluding hydrogens is 341 g/mol. The first-order valence-electron chi connectivity index (χ1n) is 9.26. The van der Waals surface area contributed by atoms with Crippen LogP contribution < -0.4 is 5.32 Å². The van der Waals surface area contributed by atoms with Crippen LogP contribution in [0.3, 0.4) is 0 Å². The number of nitrogens with one attached hydrogen (secondary N) is 1. The molecule has 5 heteroatoms. The fraction of sp³-hybridized carbons (Fsp3) is 0.273. The van der Waals surface area contributed by atoms with E-state index in [9.17, 15) is 9.18 Å². The lowest BCUT2D eigenvalue weighted by atomic mass is 10.1. The van der Waals surface area contributed by atoms with E-state index in [4.69, 9.17) is 0 Å². The largest absolute Gasteiger partial charge is 0.349 e. The van der Waals surface area contributed by atoms with E-state index in [0.29, 0.717) is 12.0 Å². The van der Waals surface area contributed by atoms with E-state index in [1.807, 2.05) is 32.0 Å². The van der Waals surface area contributed by atoms with E-state index in [1.54, 1.807) is 23.0 Å². The summed E-state index contributed by atoms with van der Waals surface area (Å²) in [7, 11) is 0. The molecule has 0 aliphatic rings. The molecule has 1 unspecified atom stereocenters. The highest BCUT2D eigenvalue weighted by Crippen LogP contribution is 2.17. The maximum Gasteiger partial charge on any atom is 0.254 e. The summed E-state index contributed by atoms with van der Waals surface area (Å²) in [6, 6.07) is 16.4. The zero-order valence-corrected chi connectivity index (χ0v) is 15.7. The lowest BCUT2D eigenvalue weighted by Crippen LogP contribution is -2.33. The Bertz CT molecular complexity index is 888. The molecule has 1 heterocycles. The normalized spacial score (nSPS) is 12.0. The molecule has 0 saturated carbocycles. The average Bonchev–Trinajstić information content (AvgIpc) is 3.12. The Hall–Kier alpha value is -2.95. The third-order valence-electron chi connectivity index (χ3n) is 4.61. The van der Waals surface area contributed by atoms with Crippen LogP contribution in [0.25, 0.3) is 5.69 Å². The van der Waals surface area contributed by atoms with Crippen LogP contribution >= 0.6 is 0 Å². The molecule has 3 rings (SSSR count). The topological polar surface area (TPSA) is 46.9 Å². The number of aromatic nitrogens is 2. The molecule has 140 valence electrons. The SMILES string of the molecule is CCc1c(C(=O)NC(C)CCc2ccccc2)cnn1-c1ccc(F)cc1. The molecule has 27 heavy (non-hydrogen) atoms. The van der Waals surface area contributed by atoms with E-state index in [2.05, 4.69) is 22.5 Å². The van der Waals surface area contributed by atoms with Crippen LogP contribution in [0, 0.1) is 5.82 Å². The van der Waals surface area contributed by atoms with Crippen LogP contribution in [-0.2, 0) is 12.8 Å². The summed E-state index contributed by atoms with van der Waals surface area (Å²) in [5, 5.41) is 7.40. The highest BCUT2D eigenvalue weighted by Gasteiger charge is 2.18. The van der Waals surface area contributed by atoms with E-state index < -0.39 is 0 Å². The van der Waals surface area contributed by atoms with Gasteiger partial charge in [0.1, 0.15) is 5.82 Å². The van der Waals surface area contributed by atoms with E-state index in [1.165, 1.54) is 17.7 Å². The van der Waals surface area contributed by atoms with Crippen molar-refractivity contribution in [2.24, 2.45) is 0 Å². The number of amides is 1. The maximum atomic E-state index is 13.2. The quantitative estimate of drug-likeness (QED) is 0.678. The summed E-state index contributed by atoms with van der Waals surface area (Å²) in [6.45, 7) is 3.99. The van der Waals surface area contributed by atoms with Gasteiger partial charge in [-0.3, -0.25) is 4.79 Å². The average molecular weight is 365 g/mol. The van der Waals surface area contributed by atoms with Crippen molar-refractivity contribution in [1.82, 2.24) is 15.1 Å². The molecule has 0 aliphatic carbocycles. The first kappa shape index (κ1) is 18.8. The number of hydrogen-bond acceptors (Lipinski definition) is 2. The van der Waals surface area contributed by atoms with Gasteiger partial charge in [0.2, 0.25) is 0 Å². The van der Waals surface area contributed by atoms with E-state index in [-0.39, 0.29) is 17.8 Å². The zero-order valence-electron chi connectivity index (χ0n) is 15.7. The Balaban J connectivity index is 1.68. The number of aryl methyl sites for hydroxylation is 1. The first-order chi connectivity index (χ1) is 13.1. The molecule has 1 amide bonds. The first-order valence-corrected chi connectivity index (χ1v) is 9.26. The second-order valence-corrected chi connectivity index (χ2v) is 6.65. The number of benzene rings is 2. The van der Waals surface area contributed by atoms with Gasteiger partial charge in [0, 0.05) is 6.04 Å². The van der Waals surface area contributed by atoms with Crippen LogP contribution in [0.15, 0.2) is 60.8 Å². The van der Waals surface area contributed by atoms with Crippen molar-refractivity contribution in [3.63, 3.8) is 0 Å². The van der Waals surface area contributed by atoms with Crippen molar-refractivity contribution < 1.29 is 9.18 Å². The Kier molecular flexibility index (Phi) is 6.01. The highest BCUT2D eigenvalue weighted by atomic mass is 19.1. The number of carbonyl (C=O) groups excluding carboxylic acids is 1. The molecule has 2 aromatic carbocycles. The van der Waals surface area contributed by atoms with Crippen molar-refractivity contribution in [1.29, 1.82) is 0 Å². The molecule has 1 N–H and O–H groups in total. The van der Waals surface area contributed by atoms with Gasteiger partial charge in [-0.1, -0.05) is 37.3 Å². The van der Waals surface area contributed by atoms with Crippen molar-refractivity contribution >= 4 is 5.91 Å². The fourth-order valence-corrected chi connectivity index (χ4v) is 3.11. The minimum Gasteiger partial charge on any atom is -0.349 e. The van der Waals surface area contributed by atoms with Crippen molar-refractivity contribution in [2.45, 2.75) is 39.2 Å². The standard InChI is InChI=1S/C22H24FN3O/c1-3-21-20(15-24-26(21)19-13-11-18(23)12-14-19)22(27)25-16(2)9-10-17-7-5-4-6-8-17/h4-8,11-16H,3,9-10H2,1-2H3,(H,25,27). The molecule has 0 saturated heterocycles. The molecule has 0 aliphatic heterocycles. The Labute approximate surface area is 159 Å². The molecule has 1 atom stereocenters. The second kappa shape index (κ2) is 8.62. The molecule has 0 fully saturated rings. The molecule has 0 bridgehead atoms. The van der Waals surface area contributed by atoms with Gasteiger partial charge in [-0.2, -0.15) is 5.10 Å². The molecule has 0 spiro atoms. The summed E-state index contributed by atoms with van der Waals surface area (Å²) in [5.41, 5.74) is 3.38. The van der Waals surface area contributed by atoms with Crippen molar-refractivity contribution in [3.05, 3.63) is 83.4 Å². The zero-order chi connectivity index (χ0) is 19.2. The van der Waals surface area contributed by atoms with Gasteiger partial charge in [-0.05, 0) is 56.0 Å². The smallest absolute Gasteiger partial charge is 0.254 e. The highest BCUT2D eigenvalue weighted by molar-refractivity contribution is 5.95. The lowest BCUT2D eigenvalue weighted by Gasteiger charge is -2.14. The summed E-state index contributed by atoms with van der Waals surface area (Å²) in [4.78, 5) is 12.7. The van der Waals surface area contributed by atoms with E-state index in [0.717, 1.165) is 24.2 Å². The lowest BCUT2D eigenvalue weighted by molar-refractivity contribution is 0.0937. The van der Waals surface area contributed by atoms with Gasteiger partial charge in [0.05, 0.1) is 23.1 Å². The van der Waals surface area contributed by atoms with Crippen LogP contribution in [-0.4, -0.2) is 21.7 Å². The monoisotopic (exact) mass is 365 g/mol. The third-order valence-corrected chi connectivity index (χ3v) is 4.61. The number of hydrogen-bond donors (Lipinski definition) is 1. The van der Waals surface area contributed by atoms with Crippen LogP contribution in [0.5, 0.6) is 0 Å². The molecular formula is C22H24FN3O. The summed E-state index contributed by atoms with van der Waals surface area (Å²) in [6.07, 6.45) is 4.01. The summed E-state index contributed by atoms with van der Waals surface area (Å²) in [5.74, 6) is -0.421. The minimum absolute atomic E-state index is 0.0524. The van der Waals surface area contributed by atoms with Gasteiger partial charge in [0.25, 0.3) is 5.91 Å². The van der Waals surface area contributed by atoms with Gasteiger partial charge >= 0.3 is 0 Å². The number of nitrogens with zero attached hydrogens (tertiary/aromatic N) is 2. The van der Waals surface area contributed by atoms with Gasteiger partial charge in [0.15, 0.2) is 0 Å². The van der Waals surface area contributed by atoms with Crippen LogP contribution in [0.1, 0.15) is 41.9 Å². The van der Waals surface area contributed by atoms with Crippen LogP contribution in [0.4, 0.5) is 4.39 Å². The molecule has 4 nitrogen and oxygen atoms in total.